The van der Waals surface area contributed by atoms with Crippen LogP contribution in [-0.2, 0) is 14.9 Å². The van der Waals surface area contributed by atoms with Gasteiger partial charge in [0.25, 0.3) is 0 Å². The molecule has 0 aliphatic carbocycles. The molecule has 4 heteroatoms. The summed E-state index contributed by atoms with van der Waals surface area (Å²) < 4.78 is 4.78. The van der Waals surface area contributed by atoms with E-state index in [4.69, 9.17) is 10.5 Å². The van der Waals surface area contributed by atoms with Crippen LogP contribution in [0, 0.1) is 5.92 Å². The summed E-state index contributed by atoms with van der Waals surface area (Å²) in [5.41, 5.74) is 8.83. The predicted octanol–water partition coefficient (Wildman–Crippen LogP) is 2.70. The Bertz CT molecular complexity index is 505. The lowest BCUT2D eigenvalue weighted by Crippen LogP contribution is -2.47. The van der Waals surface area contributed by atoms with Crippen LogP contribution in [0.1, 0.15) is 39.2 Å². The molecule has 0 aromatic heterocycles. The molecule has 0 spiro atoms. The summed E-state index contributed by atoms with van der Waals surface area (Å²) in [6.07, 6.45) is 1.33. The van der Waals surface area contributed by atoms with E-state index in [0.717, 1.165) is 19.5 Å². The number of esters is 1. The van der Waals surface area contributed by atoms with Crippen LogP contribution in [0.15, 0.2) is 24.3 Å². The molecule has 122 valence electrons. The van der Waals surface area contributed by atoms with Crippen LogP contribution in [0.5, 0.6) is 0 Å². The van der Waals surface area contributed by atoms with Gasteiger partial charge in [0.2, 0.25) is 0 Å². The van der Waals surface area contributed by atoms with Gasteiger partial charge in [0.05, 0.1) is 13.5 Å². The largest absolute Gasteiger partial charge is 0.469 e. The van der Waals surface area contributed by atoms with Gasteiger partial charge in [-0.15, -0.1) is 0 Å². The first-order valence-corrected chi connectivity index (χ1v) is 7.97. The molecule has 2 N–H and O–H groups in total. The number of hydrogen-bond donors (Lipinski definition) is 1. The number of benzene rings is 1. The van der Waals surface area contributed by atoms with Gasteiger partial charge in [0.1, 0.15) is 0 Å². The number of carbonyl (C=O) groups excluding carboxylic acids is 1. The fourth-order valence-corrected chi connectivity index (χ4v) is 3.10. The molecule has 1 aromatic carbocycles. The average Bonchev–Trinajstić information content (AvgIpc) is 2.45. The fraction of sp³-hybridized carbons (Fsp3) is 0.611. The first-order valence-electron chi connectivity index (χ1n) is 7.97. The molecule has 2 rings (SSSR count). The topological polar surface area (TPSA) is 55.6 Å². The quantitative estimate of drug-likeness (QED) is 0.872. The first-order chi connectivity index (χ1) is 10.3. The van der Waals surface area contributed by atoms with E-state index < -0.39 is 0 Å². The molecule has 1 aliphatic heterocycles. The second kappa shape index (κ2) is 6.69. The van der Waals surface area contributed by atoms with Crippen molar-refractivity contribution in [1.82, 2.24) is 0 Å². The van der Waals surface area contributed by atoms with Crippen LogP contribution in [-0.4, -0.2) is 32.2 Å². The lowest BCUT2D eigenvalue weighted by molar-refractivity contribution is -0.141. The van der Waals surface area contributed by atoms with Gasteiger partial charge in [-0.3, -0.25) is 4.79 Å². The number of ether oxygens (including phenoxy) is 1. The van der Waals surface area contributed by atoms with Crippen molar-refractivity contribution >= 4 is 11.7 Å². The van der Waals surface area contributed by atoms with Crippen molar-refractivity contribution in [3.63, 3.8) is 0 Å². The highest BCUT2D eigenvalue weighted by molar-refractivity contribution is 5.69. The van der Waals surface area contributed by atoms with Gasteiger partial charge in [-0.1, -0.05) is 32.9 Å². The first kappa shape index (κ1) is 16.8. The third-order valence-corrected chi connectivity index (χ3v) is 4.35. The van der Waals surface area contributed by atoms with Crippen molar-refractivity contribution in [2.45, 2.75) is 45.1 Å². The fourth-order valence-electron chi connectivity index (χ4n) is 3.10. The van der Waals surface area contributed by atoms with Crippen LogP contribution < -0.4 is 10.6 Å². The van der Waals surface area contributed by atoms with Crippen LogP contribution in [0.25, 0.3) is 0 Å². The second-order valence-electron chi connectivity index (χ2n) is 7.34. The minimum Gasteiger partial charge on any atom is -0.469 e. The van der Waals surface area contributed by atoms with Gasteiger partial charge in [0.15, 0.2) is 0 Å². The van der Waals surface area contributed by atoms with E-state index in [-0.39, 0.29) is 23.3 Å². The van der Waals surface area contributed by atoms with E-state index in [1.807, 2.05) is 0 Å². The van der Waals surface area contributed by atoms with Crippen molar-refractivity contribution in [1.29, 1.82) is 0 Å². The molecule has 1 fully saturated rings. The van der Waals surface area contributed by atoms with Crippen molar-refractivity contribution in [3.05, 3.63) is 29.8 Å². The molecular weight excluding hydrogens is 276 g/mol. The van der Waals surface area contributed by atoms with Crippen molar-refractivity contribution in [2.75, 3.05) is 25.1 Å². The number of piperidine rings is 1. The number of anilines is 1. The van der Waals surface area contributed by atoms with Gasteiger partial charge in [-0.25, -0.2) is 0 Å². The highest BCUT2D eigenvalue weighted by atomic mass is 16.5. The summed E-state index contributed by atoms with van der Waals surface area (Å²) in [6, 6.07) is 8.79. The molecule has 4 nitrogen and oxygen atoms in total. The highest BCUT2D eigenvalue weighted by Crippen LogP contribution is 2.28. The molecule has 1 aromatic rings. The summed E-state index contributed by atoms with van der Waals surface area (Å²) >= 11 is 0. The maximum atomic E-state index is 11.5. The smallest absolute Gasteiger partial charge is 0.305 e. The van der Waals surface area contributed by atoms with E-state index >= 15 is 0 Å². The zero-order valence-electron chi connectivity index (χ0n) is 14.1. The van der Waals surface area contributed by atoms with E-state index in [9.17, 15) is 4.79 Å². The molecular formula is C18H28N2O2. The third kappa shape index (κ3) is 4.23. The molecule has 0 amide bonds. The molecule has 0 radical (unpaired) electrons. The Morgan fingerprint density at radius 2 is 1.91 bits per heavy atom. The zero-order valence-corrected chi connectivity index (χ0v) is 14.1. The zero-order chi connectivity index (χ0) is 16.3. The van der Waals surface area contributed by atoms with Gasteiger partial charge >= 0.3 is 5.97 Å². The van der Waals surface area contributed by atoms with Crippen LogP contribution in [0.4, 0.5) is 5.69 Å². The molecule has 0 saturated carbocycles. The summed E-state index contributed by atoms with van der Waals surface area (Å²) in [4.78, 5) is 13.8. The Hall–Kier alpha value is -1.55. The van der Waals surface area contributed by atoms with Crippen LogP contribution in [0.2, 0.25) is 0 Å². The maximum Gasteiger partial charge on any atom is 0.305 e. The van der Waals surface area contributed by atoms with E-state index in [2.05, 4.69) is 49.9 Å². The summed E-state index contributed by atoms with van der Waals surface area (Å²) in [7, 11) is 1.44. The Morgan fingerprint density at radius 1 is 1.27 bits per heavy atom. The normalized spacial score (nSPS) is 22.5. The monoisotopic (exact) mass is 304 g/mol. The summed E-state index contributed by atoms with van der Waals surface area (Å²) in [6.45, 7) is 8.34. The minimum absolute atomic E-state index is 0.102. The maximum absolute atomic E-state index is 11.5. The van der Waals surface area contributed by atoms with Gasteiger partial charge in [-0.2, -0.15) is 0 Å². The molecule has 1 saturated heterocycles. The van der Waals surface area contributed by atoms with E-state index in [1.54, 1.807) is 0 Å². The Kier molecular flexibility index (Phi) is 5.12. The molecule has 1 aliphatic rings. The third-order valence-electron chi connectivity index (χ3n) is 4.35. The summed E-state index contributed by atoms with van der Waals surface area (Å²) in [5.74, 6) is 0.112. The number of carbonyl (C=O) groups is 1. The Morgan fingerprint density at radius 3 is 2.45 bits per heavy atom. The summed E-state index contributed by atoms with van der Waals surface area (Å²) in [5, 5.41) is 0. The molecule has 0 bridgehead atoms. The average molecular weight is 304 g/mol. The lowest BCUT2D eigenvalue weighted by atomic mass is 9.86. The lowest BCUT2D eigenvalue weighted by Gasteiger charge is -2.37. The van der Waals surface area contributed by atoms with Gasteiger partial charge in [0, 0.05) is 24.8 Å². The molecule has 2 atom stereocenters. The van der Waals surface area contributed by atoms with Crippen molar-refractivity contribution in [3.8, 4) is 0 Å². The standard InChI is InChI=1S/C18H28N2O2/c1-18(2,3)14-5-7-16(8-6-14)20-11-13(9-15(19)12-20)10-17(21)22-4/h5-8,13,15H,9-12,19H2,1-4H3. The molecule has 1 heterocycles. The van der Waals surface area contributed by atoms with Crippen molar-refractivity contribution < 1.29 is 9.53 Å². The SMILES string of the molecule is COC(=O)CC1CC(N)CN(c2ccc(C(C)(C)C)cc2)C1. The van der Waals surface area contributed by atoms with E-state index in [1.165, 1.54) is 18.4 Å². The second-order valence-corrected chi connectivity index (χ2v) is 7.34. The van der Waals surface area contributed by atoms with Gasteiger partial charge in [-0.05, 0) is 35.4 Å². The number of rotatable bonds is 3. The number of nitrogens with zero attached hydrogens (tertiary/aromatic N) is 1. The minimum atomic E-state index is -0.151. The van der Waals surface area contributed by atoms with Crippen molar-refractivity contribution in [2.24, 2.45) is 11.7 Å². The van der Waals surface area contributed by atoms with Crippen LogP contribution >= 0.6 is 0 Å². The number of nitrogens with two attached hydrogens (primary N) is 1. The number of methoxy groups -OCH3 is 1. The van der Waals surface area contributed by atoms with Gasteiger partial charge < -0.3 is 15.4 Å². The highest BCUT2D eigenvalue weighted by Gasteiger charge is 2.27. The van der Waals surface area contributed by atoms with Crippen LogP contribution in [0.3, 0.4) is 0 Å². The van der Waals surface area contributed by atoms with E-state index in [0.29, 0.717) is 6.42 Å². The Balaban J connectivity index is 2.08. The molecule has 2 unspecified atom stereocenters. The number of hydrogen-bond acceptors (Lipinski definition) is 4. The molecule has 22 heavy (non-hydrogen) atoms. The Labute approximate surface area is 133 Å². The predicted molar refractivity (Wildman–Crippen MR) is 90.1 cm³/mol.